The summed E-state index contributed by atoms with van der Waals surface area (Å²) in [7, 11) is 0. The Morgan fingerprint density at radius 1 is 1.06 bits per heavy atom. The van der Waals surface area contributed by atoms with Gasteiger partial charge in [0, 0.05) is 30.5 Å². The van der Waals surface area contributed by atoms with Gasteiger partial charge in [-0.2, -0.15) is 13.2 Å². The third-order valence-electron chi connectivity index (χ3n) is 4.71. The molecule has 9 nitrogen and oxygen atoms in total. The smallest absolute Gasteiger partial charge is 0.361 e. The van der Waals surface area contributed by atoms with Crippen molar-refractivity contribution in [2.45, 2.75) is 38.5 Å². The fourth-order valence-electron chi connectivity index (χ4n) is 2.85. The number of carbonyl (C=O) groups excluding carboxylic acids is 1. The van der Waals surface area contributed by atoms with Gasteiger partial charge in [-0.1, -0.05) is 13.3 Å². The van der Waals surface area contributed by atoms with Gasteiger partial charge in [-0.15, -0.1) is 0 Å². The molecule has 0 aliphatic heterocycles. The number of halogens is 3. The Bertz CT molecular complexity index is 1010. The Labute approximate surface area is 180 Å². The average Bonchev–Trinajstić information content (AvgIpc) is 2.73. The highest BCUT2D eigenvalue weighted by Gasteiger charge is 2.40. The molecule has 1 atom stereocenters. The van der Waals surface area contributed by atoms with Crippen LogP contribution in [0.25, 0.3) is 0 Å². The molecule has 0 aromatic heterocycles. The Hall–Kier alpha value is -3.54. The van der Waals surface area contributed by atoms with Crippen molar-refractivity contribution in [2.24, 2.45) is 0 Å². The molecule has 32 heavy (non-hydrogen) atoms. The molecule has 0 aliphatic rings. The summed E-state index contributed by atoms with van der Waals surface area (Å²) in [5.41, 5.74) is -4.63. The predicted molar refractivity (Wildman–Crippen MR) is 108 cm³/mol. The number of benzene rings is 2. The predicted octanol–water partition coefficient (Wildman–Crippen LogP) is 5.19. The number of anilines is 1. The van der Waals surface area contributed by atoms with E-state index >= 15 is 0 Å². The van der Waals surface area contributed by atoms with Crippen LogP contribution in [0.2, 0.25) is 0 Å². The number of ether oxygens (including phenoxy) is 1. The molecule has 2 aromatic carbocycles. The maximum atomic E-state index is 13.2. The van der Waals surface area contributed by atoms with Crippen LogP contribution in [0.4, 0.5) is 30.2 Å². The second-order valence-corrected chi connectivity index (χ2v) is 6.98. The summed E-state index contributed by atoms with van der Waals surface area (Å²) in [6.45, 7) is 3.42. The lowest BCUT2D eigenvalue weighted by Gasteiger charge is -2.29. The van der Waals surface area contributed by atoms with E-state index in [1.165, 1.54) is 31.2 Å². The lowest BCUT2D eigenvalue weighted by molar-refractivity contribution is -0.388. The largest absolute Gasteiger partial charge is 0.423 e. The van der Waals surface area contributed by atoms with Gasteiger partial charge in [-0.25, -0.2) is 0 Å². The monoisotopic (exact) mass is 455 g/mol. The van der Waals surface area contributed by atoms with Crippen molar-refractivity contribution in [1.82, 2.24) is 0 Å². The fourth-order valence-corrected chi connectivity index (χ4v) is 2.85. The van der Waals surface area contributed by atoms with Crippen molar-refractivity contribution < 1.29 is 32.5 Å². The molecule has 12 heteroatoms. The maximum absolute atomic E-state index is 13.2. The zero-order valence-electron chi connectivity index (χ0n) is 17.1. The first-order valence-corrected chi connectivity index (χ1v) is 9.46. The zero-order chi connectivity index (χ0) is 24.1. The number of unbranched alkanes of at least 4 members (excludes halogenated alkanes) is 1. The highest BCUT2D eigenvalue weighted by atomic mass is 19.4. The first kappa shape index (κ1) is 24.7. The number of rotatable bonds is 9. The minimum Gasteiger partial charge on any atom is -0.361 e. The lowest BCUT2D eigenvalue weighted by Crippen LogP contribution is -2.40. The number of carbonyl (C=O) groups is 1. The van der Waals surface area contributed by atoms with Crippen LogP contribution in [-0.2, 0) is 21.3 Å². The van der Waals surface area contributed by atoms with E-state index in [9.17, 15) is 38.2 Å². The minimum atomic E-state index is -5.01. The second kappa shape index (κ2) is 9.73. The maximum Gasteiger partial charge on any atom is 0.423 e. The number of hydrogen-bond acceptors (Lipinski definition) is 6. The molecule has 0 bridgehead atoms. The van der Waals surface area contributed by atoms with E-state index in [4.69, 9.17) is 4.74 Å². The molecule has 0 saturated carbocycles. The number of amides is 1. The summed E-state index contributed by atoms with van der Waals surface area (Å²) in [5.74, 6) is -0.843. The number of nitrogens with zero attached hydrogens (tertiary/aromatic N) is 2. The first-order valence-electron chi connectivity index (χ1n) is 9.46. The molecule has 0 aliphatic carbocycles. The van der Waals surface area contributed by atoms with Gasteiger partial charge in [0.05, 0.1) is 9.85 Å². The Morgan fingerprint density at radius 3 is 2.19 bits per heavy atom. The highest BCUT2D eigenvalue weighted by Crippen LogP contribution is 2.38. The summed E-state index contributed by atoms with van der Waals surface area (Å²) < 4.78 is 45.4. The molecule has 1 unspecified atom stereocenters. The standard InChI is InChI=1S/C20H20F3N3O6/c1-3-4-11-32-19(2,13-5-8-15(9-6-13)25(28)29)18(27)24-14-7-10-17(26(30)31)16(12-14)20(21,22)23/h5-10,12H,3-4,11H2,1-2H3,(H,24,27). The van der Waals surface area contributed by atoms with Crippen molar-refractivity contribution in [3.05, 3.63) is 73.8 Å². The van der Waals surface area contributed by atoms with Gasteiger partial charge in [0.25, 0.3) is 17.3 Å². The molecule has 1 N–H and O–H groups in total. The van der Waals surface area contributed by atoms with E-state index in [0.717, 1.165) is 12.5 Å². The molecule has 0 heterocycles. The van der Waals surface area contributed by atoms with Gasteiger partial charge in [0.2, 0.25) is 0 Å². The van der Waals surface area contributed by atoms with Gasteiger partial charge in [-0.05, 0) is 43.2 Å². The summed E-state index contributed by atoms with van der Waals surface area (Å²) in [6, 6.07) is 7.10. The third kappa shape index (κ3) is 5.58. The molecule has 0 spiro atoms. The summed E-state index contributed by atoms with van der Waals surface area (Å²) in [5, 5.41) is 24.1. The van der Waals surface area contributed by atoms with Crippen molar-refractivity contribution in [1.29, 1.82) is 0 Å². The number of nitrogens with one attached hydrogen (secondary N) is 1. The van der Waals surface area contributed by atoms with Crippen LogP contribution in [0.15, 0.2) is 42.5 Å². The van der Waals surface area contributed by atoms with E-state index in [1.807, 2.05) is 6.92 Å². The summed E-state index contributed by atoms with van der Waals surface area (Å²) in [6.07, 6.45) is -3.68. The van der Waals surface area contributed by atoms with Gasteiger partial charge < -0.3 is 10.1 Å². The molecule has 1 amide bonds. The van der Waals surface area contributed by atoms with Crippen molar-refractivity contribution >= 4 is 23.0 Å². The second-order valence-electron chi connectivity index (χ2n) is 6.98. The van der Waals surface area contributed by atoms with Gasteiger partial charge in [0.15, 0.2) is 5.60 Å². The van der Waals surface area contributed by atoms with Crippen LogP contribution < -0.4 is 5.32 Å². The van der Waals surface area contributed by atoms with Crippen molar-refractivity contribution in [3.63, 3.8) is 0 Å². The van der Waals surface area contributed by atoms with Crippen LogP contribution in [0.3, 0.4) is 0 Å². The Balaban J connectivity index is 2.42. The molecule has 0 radical (unpaired) electrons. The van der Waals surface area contributed by atoms with Crippen molar-refractivity contribution in [2.75, 3.05) is 11.9 Å². The van der Waals surface area contributed by atoms with Gasteiger partial charge in [0.1, 0.15) is 5.56 Å². The quantitative estimate of drug-likeness (QED) is 0.315. The molecule has 2 aromatic rings. The van der Waals surface area contributed by atoms with Crippen LogP contribution >= 0.6 is 0 Å². The lowest BCUT2D eigenvalue weighted by atomic mass is 9.94. The van der Waals surface area contributed by atoms with Gasteiger partial charge >= 0.3 is 6.18 Å². The van der Waals surface area contributed by atoms with Crippen molar-refractivity contribution in [3.8, 4) is 0 Å². The third-order valence-corrected chi connectivity index (χ3v) is 4.71. The van der Waals surface area contributed by atoms with E-state index in [0.29, 0.717) is 18.6 Å². The first-order chi connectivity index (χ1) is 14.9. The summed E-state index contributed by atoms with van der Waals surface area (Å²) in [4.78, 5) is 33.1. The topological polar surface area (TPSA) is 125 Å². The molecule has 2 rings (SSSR count). The zero-order valence-corrected chi connectivity index (χ0v) is 17.1. The highest BCUT2D eigenvalue weighted by molar-refractivity contribution is 5.98. The average molecular weight is 455 g/mol. The number of nitro benzene ring substituents is 2. The van der Waals surface area contributed by atoms with E-state index in [1.54, 1.807) is 0 Å². The van der Waals surface area contributed by atoms with E-state index in [2.05, 4.69) is 5.32 Å². The number of non-ortho nitro benzene ring substituents is 1. The summed E-state index contributed by atoms with van der Waals surface area (Å²) >= 11 is 0. The molecular weight excluding hydrogens is 435 g/mol. The fraction of sp³-hybridized carbons (Fsp3) is 0.350. The number of alkyl halides is 3. The number of nitro groups is 2. The van der Waals surface area contributed by atoms with Crippen LogP contribution in [0.5, 0.6) is 0 Å². The van der Waals surface area contributed by atoms with Gasteiger partial charge in [-0.3, -0.25) is 25.0 Å². The minimum absolute atomic E-state index is 0.144. The van der Waals surface area contributed by atoms with E-state index in [-0.39, 0.29) is 23.5 Å². The molecular formula is C20H20F3N3O6. The van der Waals surface area contributed by atoms with E-state index < -0.39 is 38.8 Å². The van der Waals surface area contributed by atoms with Crippen LogP contribution in [0.1, 0.15) is 37.8 Å². The molecule has 0 saturated heterocycles. The normalized spacial score (nSPS) is 13.3. The van der Waals surface area contributed by atoms with Crippen LogP contribution in [-0.4, -0.2) is 22.4 Å². The van der Waals surface area contributed by atoms with Crippen LogP contribution in [0, 0.1) is 20.2 Å². The number of hydrogen-bond donors (Lipinski definition) is 1. The molecule has 172 valence electrons. The Morgan fingerprint density at radius 2 is 1.69 bits per heavy atom. The molecule has 0 fully saturated rings. The Kier molecular flexibility index (Phi) is 7.52. The SMILES string of the molecule is CCCCOC(C)(C(=O)Nc1ccc([N+](=O)[O-])c(C(F)(F)F)c1)c1ccc([N+](=O)[O-])cc1.